The lowest BCUT2D eigenvalue weighted by molar-refractivity contribution is -0.870. The van der Waals surface area contributed by atoms with Gasteiger partial charge in [-0.2, -0.15) is 0 Å². The van der Waals surface area contributed by atoms with Gasteiger partial charge in [0.25, 0.3) is 0 Å². The second-order valence-electron chi connectivity index (χ2n) is 16.2. The van der Waals surface area contributed by atoms with Crippen LogP contribution >= 0.6 is 0 Å². The number of esters is 1. The van der Waals surface area contributed by atoms with E-state index in [2.05, 4.69) is 121 Å². The first-order chi connectivity index (χ1) is 38.0. The molecular formula is C45H54O33. The molecular weight excluding hydrogens is 1070 g/mol. The van der Waals surface area contributed by atoms with Gasteiger partial charge in [0.1, 0.15) is 35.5 Å². The Morgan fingerprint density at radius 2 is 0.897 bits per heavy atom. The molecule has 0 bridgehead atoms. The third kappa shape index (κ3) is 26.9. The second-order valence-corrected chi connectivity index (χ2v) is 16.2. The Labute approximate surface area is 440 Å². The molecule has 1 aliphatic rings. The number of benzene rings is 3. The molecule has 0 radical (unpaired) electrons. The predicted molar refractivity (Wildman–Crippen MR) is 232 cm³/mol. The van der Waals surface area contributed by atoms with E-state index in [0.717, 1.165) is 42.0 Å². The number of rotatable bonds is 50. The van der Waals surface area contributed by atoms with Gasteiger partial charge in [0, 0.05) is 69.6 Å². The van der Waals surface area contributed by atoms with Crippen molar-refractivity contribution in [3.05, 3.63) is 95.6 Å². The smallest absolute Gasteiger partial charge is 0.305 e. The maximum absolute atomic E-state index is 13.8. The lowest BCUT2D eigenvalue weighted by Crippen LogP contribution is -2.40. The van der Waals surface area contributed by atoms with E-state index < -0.39 is 49.3 Å². The molecule has 33 heteroatoms. The summed E-state index contributed by atoms with van der Waals surface area (Å²) in [4.78, 5) is 96.4. The number of carbonyl (C=O) groups is 6. The number of ether oxygens (including phenoxy) is 1. The Balaban J connectivity index is 1.37. The molecule has 0 heterocycles. The molecule has 33 nitrogen and oxygen atoms in total. The summed E-state index contributed by atoms with van der Waals surface area (Å²) < 4.78 is 5.55. The third-order valence-electron chi connectivity index (χ3n) is 10.7. The van der Waals surface area contributed by atoms with Crippen molar-refractivity contribution in [3.63, 3.8) is 0 Å². The fraction of sp³-hybridized carbons (Fsp3) is 0.467. The van der Waals surface area contributed by atoms with E-state index in [1.807, 2.05) is 66.7 Å². The van der Waals surface area contributed by atoms with Gasteiger partial charge in [0.15, 0.2) is 0 Å². The second kappa shape index (κ2) is 39.7. The van der Waals surface area contributed by atoms with Crippen molar-refractivity contribution in [2.45, 2.75) is 89.9 Å². The maximum atomic E-state index is 13.8. The average molecular weight is 1120 g/mol. The maximum Gasteiger partial charge on any atom is 0.305 e. The van der Waals surface area contributed by atoms with Crippen molar-refractivity contribution in [2.75, 3.05) is 34.0 Å². The quantitative estimate of drug-likeness (QED) is 0.0271. The highest BCUT2D eigenvalue weighted by atomic mass is 18.0. The first kappa shape index (κ1) is 65.0. The molecule has 1 aliphatic carbocycles. The highest BCUT2D eigenvalue weighted by Crippen LogP contribution is 2.46. The first-order valence-electron chi connectivity index (χ1n) is 23.0. The van der Waals surface area contributed by atoms with Crippen LogP contribution in [0.3, 0.4) is 0 Å². The summed E-state index contributed by atoms with van der Waals surface area (Å²) >= 11 is 0. The van der Waals surface area contributed by atoms with Gasteiger partial charge < -0.3 is 9.53 Å². The Kier molecular flexibility index (Phi) is 33.1. The van der Waals surface area contributed by atoms with Crippen molar-refractivity contribution in [1.29, 1.82) is 0 Å². The van der Waals surface area contributed by atoms with Gasteiger partial charge in [0.05, 0.1) is 32.8 Å². The molecule has 3 aromatic rings. The third-order valence-corrected chi connectivity index (χ3v) is 10.7. The monoisotopic (exact) mass is 1120 g/mol. The number of carbonyl (C=O) groups excluding carboxylic acids is 6. The minimum absolute atomic E-state index is 0.0110. The number of fused-ring (bicyclic) bond motifs is 3. The predicted octanol–water partition coefficient (Wildman–Crippen LogP) is 6.00. The summed E-state index contributed by atoms with van der Waals surface area (Å²) in [6.07, 6.45) is -0.690. The molecule has 1 unspecified atom stereocenters. The lowest BCUT2D eigenvalue weighted by atomic mass is 9.84. The zero-order valence-electron chi connectivity index (χ0n) is 41.7. The van der Waals surface area contributed by atoms with Crippen LogP contribution in [0.2, 0.25) is 0 Å². The summed E-state index contributed by atoms with van der Waals surface area (Å²) in [6, 6.07) is 24.7. The van der Waals surface area contributed by atoms with Crippen molar-refractivity contribution >= 4 is 34.9 Å². The molecule has 0 fully saturated rings. The van der Waals surface area contributed by atoms with E-state index >= 15 is 0 Å². The molecule has 0 amide bonds. The molecule has 0 aromatic heterocycles. The van der Waals surface area contributed by atoms with E-state index in [4.69, 9.17) is 14.5 Å². The molecule has 4 rings (SSSR count). The van der Waals surface area contributed by atoms with Gasteiger partial charge in [-0.3, -0.25) is 24.0 Å². The van der Waals surface area contributed by atoms with Crippen molar-refractivity contribution in [1.82, 2.24) is 0 Å². The van der Waals surface area contributed by atoms with Gasteiger partial charge in [-0.15, -0.1) is 0 Å². The van der Waals surface area contributed by atoms with Crippen LogP contribution in [-0.2, 0) is 170 Å². The Morgan fingerprint density at radius 3 is 1.40 bits per heavy atom. The lowest BCUT2D eigenvalue weighted by Gasteiger charge is -2.30. The number of Topliss-reactive ketones (excluding diaryl/α,β-unsaturated/α-hetero) is 5. The minimum Gasteiger partial charge on any atom is -0.465 e. The highest BCUT2D eigenvalue weighted by molar-refractivity contribution is 5.91. The van der Waals surface area contributed by atoms with E-state index in [9.17, 15) is 28.8 Å². The SMILES string of the molecule is COOOOOOOOOOOOOCC(COOOOOOOOOOOOOC)(COC(=O)CCCC(=O)CC(Cc1ccccc1)C(=O)CCC(C)=O)CC(=O)CCCC(=O)CC1c2ccccc2-c2ccccc21. The van der Waals surface area contributed by atoms with Gasteiger partial charge in [-0.05, 0) is 165 Å². The minimum atomic E-state index is -1.80. The van der Waals surface area contributed by atoms with Crippen LogP contribution in [0.25, 0.3) is 11.1 Å². The zero-order valence-corrected chi connectivity index (χ0v) is 41.7. The van der Waals surface area contributed by atoms with E-state index in [0.29, 0.717) is 0 Å². The van der Waals surface area contributed by atoms with Crippen molar-refractivity contribution in [2.24, 2.45) is 11.3 Å². The van der Waals surface area contributed by atoms with Crippen LogP contribution in [-0.4, -0.2) is 68.9 Å². The standard InChI is InChI=1S/C45H54O33/c1-32(46)23-24-43(50)34(25-33-13-5-4-6-14-33)26-35(47)16-12-22-44(51)54-29-45(30-55-59-63-67-71-75-77-73-69-65-61-57-52-2,31-56-60-64-68-72-76-78-74-70-66-62-58-53-3)28-37(49)17-11-15-36(48)27-42-40-20-9-7-18-38(40)39-19-8-10-21-41(39)42/h4-10,13-14,18-21,34,42H,11-12,15-17,22-31H2,1-3H3. The Morgan fingerprint density at radius 1 is 0.462 bits per heavy atom. The highest BCUT2D eigenvalue weighted by Gasteiger charge is 2.38. The molecule has 432 valence electrons. The summed E-state index contributed by atoms with van der Waals surface area (Å²) in [6.45, 7) is -0.892. The molecule has 78 heavy (non-hydrogen) atoms. The molecule has 3 aromatic carbocycles. The van der Waals surface area contributed by atoms with Crippen LogP contribution in [0.5, 0.6) is 0 Å². The van der Waals surface area contributed by atoms with Crippen LogP contribution in [0.1, 0.15) is 100 Å². The Bertz CT molecular complexity index is 2120. The molecule has 0 aliphatic heterocycles. The van der Waals surface area contributed by atoms with Crippen molar-refractivity contribution in [3.8, 4) is 11.1 Å². The topological polar surface area (TPSA) is 352 Å². The summed E-state index contributed by atoms with van der Waals surface area (Å²) in [5, 5.41) is 85.9. The fourth-order valence-corrected chi connectivity index (χ4v) is 7.49. The van der Waals surface area contributed by atoms with Gasteiger partial charge in [-0.1, -0.05) is 78.9 Å². The summed E-state index contributed by atoms with van der Waals surface area (Å²) in [5.41, 5.74) is 3.15. The van der Waals surface area contributed by atoms with E-state index in [1.54, 1.807) is 12.1 Å². The van der Waals surface area contributed by atoms with Gasteiger partial charge >= 0.3 is 5.97 Å². The van der Waals surface area contributed by atoms with E-state index in [-0.39, 0.29) is 99.7 Å². The fourth-order valence-electron chi connectivity index (χ4n) is 7.49. The van der Waals surface area contributed by atoms with Crippen LogP contribution in [0.4, 0.5) is 0 Å². The van der Waals surface area contributed by atoms with Gasteiger partial charge in [-0.25, -0.2) is 19.6 Å². The number of ketones is 5. The molecule has 0 N–H and O–H groups in total. The first-order valence-corrected chi connectivity index (χ1v) is 23.0. The van der Waals surface area contributed by atoms with Crippen LogP contribution in [0, 0.1) is 11.3 Å². The van der Waals surface area contributed by atoms with Crippen molar-refractivity contribution < 1.29 is 164 Å². The summed E-state index contributed by atoms with van der Waals surface area (Å²) in [7, 11) is 2.14. The molecule has 0 saturated heterocycles. The van der Waals surface area contributed by atoms with Crippen LogP contribution < -0.4 is 0 Å². The largest absolute Gasteiger partial charge is 0.465 e. The Hall–Kier alpha value is -5.56. The van der Waals surface area contributed by atoms with E-state index in [1.165, 1.54) is 6.92 Å². The molecule has 0 spiro atoms. The normalized spacial score (nSPS) is 12.6. The number of hydrogen-bond acceptors (Lipinski definition) is 33. The average Bonchev–Trinajstić information content (AvgIpc) is 3.77. The van der Waals surface area contributed by atoms with Gasteiger partial charge in [0.2, 0.25) is 0 Å². The number of hydrogen-bond donors (Lipinski definition) is 0. The molecule has 1 atom stereocenters. The summed E-state index contributed by atoms with van der Waals surface area (Å²) in [5.74, 6) is -3.06. The zero-order chi connectivity index (χ0) is 55.9. The molecule has 0 saturated carbocycles. The van der Waals surface area contributed by atoms with Crippen LogP contribution in [0.15, 0.2) is 78.9 Å².